The fourth-order valence-electron chi connectivity index (χ4n) is 5.83. The normalized spacial score (nSPS) is 13.1. The first kappa shape index (κ1) is 37.2. The van der Waals surface area contributed by atoms with Gasteiger partial charge in [0.1, 0.15) is 31.3 Å². The average molecular weight is 723 g/mol. The minimum absolute atomic E-state index is 0.0532. The summed E-state index contributed by atoms with van der Waals surface area (Å²) in [7, 11) is 1.69. The number of amides is 1. The number of methoxy groups -OCH3 is 1. The molecule has 1 aliphatic carbocycles. The maximum atomic E-state index is 14.0. The number of carbonyl (C=O) groups is 1. The molecular formula is C39H45Cl2N3O6. The summed E-state index contributed by atoms with van der Waals surface area (Å²) in [4.78, 5) is 16.0. The van der Waals surface area contributed by atoms with Gasteiger partial charge in [0.15, 0.2) is 18.1 Å². The van der Waals surface area contributed by atoms with Crippen LogP contribution in [0.2, 0.25) is 10.0 Å². The molecule has 50 heavy (non-hydrogen) atoms. The highest BCUT2D eigenvalue weighted by atomic mass is 35.5. The number of ether oxygens (including phenoxy) is 4. The number of rotatable bonds is 19. The zero-order chi connectivity index (χ0) is 35.5. The molecule has 2 N–H and O–H groups in total. The summed E-state index contributed by atoms with van der Waals surface area (Å²) in [5.41, 5.74) is 11.1. The molecule has 1 heterocycles. The van der Waals surface area contributed by atoms with Gasteiger partial charge in [0.25, 0.3) is 0 Å². The summed E-state index contributed by atoms with van der Waals surface area (Å²) in [5.74, 6) is 1.53. The first-order chi connectivity index (χ1) is 24.2. The fraction of sp³-hybridized carbons (Fsp3) is 0.385. The predicted octanol–water partition coefficient (Wildman–Crippen LogP) is 6.86. The quantitative estimate of drug-likeness (QED) is 0.0640. The molecular weight excluding hydrogens is 677 g/mol. The van der Waals surface area contributed by atoms with E-state index < -0.39 is 0 Å². The van der Waals surface area contributed by atoms with Crippen LogP contribution in [0.5, 0.6) is 17.2 Å². The summed E-state index contributed by atoms with van der Waals surface area (Å²) in [6.07, 6.45) is 7.09. The van der Waals surface area contributed by atoms with Gasteiger partial charge >= 0.3 is 0 Å². The summed E-state index contributed by atoms with van der Waals surface area (Å²) in [5, 5.41) is 12.7. The van der Waals surface area contributed by atoms with Crippen LogP contribution < -0.4 is 24.7 Å². The van der Waals surface area contributed by atoms with E-state index in [9.17, 15) is 10.0 Å². The lowest BCUT2D eigenvalue weighted by atomic mass is 9.97. The number of benzene rings is 3. The standard InChI is InChI=1S/C39H45Cl2N3O6/c1-27-17-36(40)38(37(41)18-27)49-16-15-48-34-11-7-28(8-12-34)20-32(23-42)39(45)44(33-9-10-33)25-31-19-29(6-4-14-47-2)21-35(22-31)50-26-30-5-3-13-43(46)24-30/h3,5,7-8,11-13,17-19,21-22,24,32-33H,4,6,9-10,14-16,20,23,25-26,42H2,1-2H3. The molecule has 1 atom stereocenters. The van der Waals surface area contributed by atoms with Crippen molar-refractivity contribution in [2.24, 2.45) is 11.7 Å². The summed E-state index contributed by atoms with van der Waals surface area (Å²) in [6.45, 7) is 4.13. The van der Waals surface area contributed by atoms with Gasteiger partial charge in [-0.3, -0.25) is 4.79 Å². The monoisotopic (exact) mass is 721 g/mol. The highest BCUT2D eigenvalue weighted by Gasteiger charge is 2.35. The zero-order valence-electron chi connectivity index (χ0n) is 28.6. The Kier molecular flexibility index (Phi) is 13.6. The Balaban J connectivity index is 1.20. The molecule has 0 spiro atoms. The van der Waals surface area contributed by atoms with Crippen molar-refractivity contribution in [2.45, 2.75) is 58.2 Å². The van der Waals surface area contributed by atoms with Crippen LogP contribution in [0.15, 0.2) is 79.1 Å². The Hall–Kier alpha value is -4.02. The Morgan fingerprint density at radius 1 is 0.920 bits per heavy atom. The van der Waals surface area contributed by atoms with Gasteiger partial charge in [-0.05, 0) is 104 Å². The van der Waals surface area contributed by atoms with Crippen molar-refractivity contribution in [3.63, 3.8) is 0 Å². The van der Waals surface area contributed by atoms with Crippen LogP contribution in [0, 0.1) is 18.0 Å². The third kappa shape index (κ3) is 11.0. The minimum Gasteiger partial charge on any atom is -0.619 e. The molecule has 0 saturated heterocycles. The second-order valence-corrected chi connectivity index (χ2v) is 13.5. The number of hydrogen-bond donors (Lipinski definition) is 1. The summed E-state index contributed by atoms with van der Waals surface area (Å²) >= 11 is 12.5. The van der Waals surface area contributed by atoms with E-state index in [1.54, 1.807) is 25.3 Å². The van der Waals surface area contributed by atoms with Crippen LogP contribution in [0.4, 0.5) is 0 Å². The van der Waals surface area contributed by atoms with E-state index >= 15 is 0 Å². The van der Waals surface area contributed by atoms with Crippen molar-refractivity contribution in [1.29, 1.82) is 0 Å². The molecule has 5 rings (SSSR count). The van der Waals surface area contributed by atoms with Gasteiger partial charge in [0.2, 0.25) is 5.91 Å². The van der Waals surface area contributed by atoms with Crippen molar-refractivity contribution in [2.75, 3.05) is 33.5 Å². The van der Waals surface area contributed by atoms with Crippen molar-refractivity contribution in [1.82, 2.24) is 4.90 Å². The van der Waals surface area contributed by atoms with E-state index in [-0.39, 0.29) is 37.6 Å². The van der Waals surface area contributed by atoms with Crippen LogP contribution in [-0.2, 0) is 35.5 Å². The molecule has 0 aliphatic heterocycles. The number of hydrogen-bond acceptors (Lipinski definition) is 7. The van der Waals surface area contributed by atoms with Crippen molar-refractivity contribution in [3.05, 3.63) is 122 Å². The SMILES string of the molecule is COCCCc1cc(CN(C(=O)C(CN)Cc2ccc(OCCOc3c(Cl)cc(C)cc3Cl)cc2)C2CC2)cc(OCc2ccc[n+]([O-])c2)c1. The Morgan fingerprint density at radius 2 is 1.64 bits per heavy atom. The van der Waals surface area contributed by atoms with E-state index in [0.29, 0.717) is 53.5 Å². The molecule has 1 unspecified atom stereocenters. The highest BCUT2D eigenvalue weighted by molar-refractivity contribution is 6.37. The van der Waals surface area contributed by atoms with E-state index in [1.165, 1.54) is 12.4 Å². The topological polar surface area (TPSA) is 110 Å². The lowest BCUT2D eigenvalue weighted by Gasteiger charge is -2.27. The van der Waals surface area contributed by atoms with Gasteiger partial charge in [-0.15, -0.1) is 0 Å². The van der Waals surface area contributed by atoms with Gasteiger partial charge in [0, 0.05) is 38.9 Å². The molecule has 1 saturated carbocycles. The number of carbonyl (C=O) groups excluding carboxylic acids is 1. The van der Waals surface area contributed by atoms with Crippen LogP contribution in [0.3, 0.4) is 0 Å². The largest absolute Gasteiger partial charge is 0.619 e. The molecule has 9 nitrogen and oxygen atoms in total. The maximum Gasteiger partial charge on any atom is 0.227 e. The molecule has 1 amide bonds. The molecule has 0 bridgehead atoms. The Morgan fingerprint density at radius 3 is 2.32 bits per heavy atom. The fourth-order valence-corrected chi connectivity index (χ4v) is 6.54. The second-order valence-electron chi connectivity index (χ2n) is 12.7. The molecule has 11 heteroatoms. The number of nitrogens with zero attached hydrogens (tertiary/aromatic N) is 2. The lowest BCUT2D eigenvalue weighted by molar-refractivity contribution is -0.606. The minimum atomic E-state index is -0.364. The van der Waals surface area contributed by atoms with Crippen molar-refractivity contribution >= 4 is 29.1 Å². The van der Waals surface area contributed by atoms with E-state index in [4.69, 9.17) is 47.9 Å². The van der Waals surface area contributed by atoms with Crippen molar-refractivity contribution < 1.29 is 28.5 Å². The molecule has 1 aromatic heterocycles. The highest BCUT2D eigenvalue weighted by Crippen LogP contribution is 2.34. The maximum absolute atomic E-state index is 14.0. The van der Waals surface area contributed by atoms with Crippen LogP contribution in [-0.4, -0.2) is 50.3 Å². The predicted molar refractivity (Wildman–Crippen MR) is 195 cm³/mol. The average Bonchev–Trinajstić information content (AvgIpc) is 3.94. The van der Waals surface area contributed by atoms with E-state index in [2.05, 4.69) is 6.07 Å². The molecule has 1 aliphatic rings. The molecule has 0 radical (unpaired) electrons. The van der Waals surface area contributed by atoms with Gasteiger partial charge < -0.3 is 34.8 Å². The number of nitrogens with two attached hydrogens (primary N) is 1. The molecule has 4 aromatic rings. The van der Waals surface area contributed by atoms with Gasteiger partial charge in [-0.2, -0.15) is 4.73 Å². The summed E-state index contributed by atoms with van der Waals surface area (Å²) in [6, 6.07) is 21.2. The van der Waals surface area contributed by atoms with Gasteiger partial charge in [0.05, 0.1) is 21.5 Å². The van der Waals surface area contributed by atoms with Crippen LogP contribution in [0.1, 0.15) is 47.1 Å². The summed E-state index contributed by atoms with van der Waals surface area (Å²) < 4.78 is 23.8. The van der Waals surface area contributed by atoms with Crippen LogP contribution >= 0.6 is 23.2 Å². The number of pyridine rings is 1. The molecule has 266 valence electrons. The number of aromatic nitrogens is 1. The van der Waals surface area contributed by atoms with Gasteiger partial charge in [-0.1, -0.05) is 41.4 Å². The second kappa shape index (κ2) is 18.3. The van der Waals surface area contributed by atoms with Gasteiger partial charge in [-0.25, -0.2) is 0 Å². The van der Waals surface area contributed by atoms with Crippen LogP contribution in [0.25, 0.3) is 0 Å². The van der Waals surface area contributed by atoms with E-state index in [1.807, 2.05) is 54.3 Å². The third-order valence-corrected chi connectivity index (χ3v) is 9.05. The lowest BCUT2D eigenvalue weighted by Crippen LogP contribution is -2.41. The van der Waals surface area contributed by atoms with E-state index in [0.717, 1.165) is 58.2 Å². The number of halogens is 2. The third-order valence-electron chi connectivity index (χ3n) is 8.49. The first-order valence-corrected chi connectivity index (χ1v) is 17.7. The Labute approximate surface area is 304 Å². The molecule has 1 fully saturated rings. The smallest absolute Gasteiger partial charge is 0.227 e. The Bertz CT molecular complexity index is 1690. The van der Waals surface area contributed by atoms with Crippen molar-refractivity contribution in [3.8, 4) is 17.2 Å². The number of aryl methyl sites for hydroxylation is 2. The molecule has 3 aromatic carbocycles. The first-order valence-electron chi connectivity index (χ1n) is 17.0. The zero-order valence-corrected chi connectivity index (χ0v) is 30.1.